The highest BCUT2D eigenvalue weighted by molar-refractivity contribution is 6.06. The molecule has 3 amide bonds. The van der Waals surface area contributed by atoms with Crippen molar-refractivity contribution in [3.05, 3.63) is 30.1 Å². The van der Waals surface area contributed by atoms with E-state index in [2.05, 4.69) is 15.5 Å². The molecule has 0 saturated carbocycles. The number of carbonyl (C=O) groups is 2. The number of amides is 3. The molecule has 0 bridgehead atoms. The Kier molecular flexibility index (Phi) is 4.84. The molecule has 2 saturated heterocycles. The highest BCUT2D eigenvalue weighted by atomic mass is 16.5. The topological polar surface area (TPSA) is 70.9 Å². The van der Waals surface area contributed by atoms with Gasteiger partial charge in [0, 0.05) is 40.8 Å². The molecule has 2 fully saturated rings. The third-order valence-electron chi connectivity index (χ3n) is 6.18. The van der Waals surface area contributed by atoms with Crippen LogP contribution in [0.3, 0.4) is 0 Å². The van der Waals surface area contributed by atoms with Gasteiger partial charge in [0.15, 0.2) is 0 Å². The first-order chi connectivity index (χ1) is 13.5. The number of rotatable bonds is 5. The number of aryl methyl sites for hydroxylation is 1. The minimum absolute atomic E-state index is 0.0871. The second-order valence-electron chi connectivity index (χ2n) is 7.67. The first-order valence-corrected chi connectivity index (χ1v) is 9.69. The van der Waals surface area contributed by atoms with Crippen LogP contribution in [0.15, 0.2) is 24.3 Å². The Labute approximate surface area is 164 Å². The lowest BCUT2D eigenvalue weighted by Crippen LogP contribution is -2.57. The molecule has 0 unspecified atom stereocenters. The van der Waals surface area contributed by atoms with Crippen LogP contribution in [0.4, 0.5) is 4.79 Å². The van der Waals surface area contributed by atoms with E-state index in [0.29, 0.717) is 26.0 Å². The highest BCUT2D eigenvalue weighted by Crippen LogP contribution is 2.36. The Morgan fingerprint density at radius 2 is 1.86 bits per heavy atom. The third kappa shape index (κ3) is 2.87. The van der Waals surface area contributed by atoms with Crippen molar-refractivity contribution in [3.63, 3.8) is 0 Å². The summed E-state index contributed by atoms with van der Waals surface area (Å²) in [6.07, 6.45) is 1.27. The minimum Gasteiger partial charge on any atom is -0.383 e. The molecular weight excluding hydrogens is 358 g/mol. The zero-order chi connectivity index (χ0) is 19.9. The quantitative estimate of drug-likeness (QED) is 0.729. The van der Waals surface area contributed by atoms with Crippen molar-refractivity contribution in [2.45, 2.75) is 24.9 Å². The minimum atomic E-state index is -0.729. The second kappa shape index (κ2) is 7.18. The predicted octanol–water partition coefficient (Wildman–Crippen LogP) is 1.45. The van der Waals surface area contributed by atoms with Gasteiger partial charge in [0.05, 0.1) is 24.2 Å². The van der Waals surface area contributed by atoms with Crippen LogP contribution >= 0.6 is 0 Å². The van der Waals surface area contributed by atoms with E-state index >= 15 is 0 Å². The molecule has 4 rings (SSSR count). The van der Waals surface area contributed by atoms with E-state index in [-0.39, 0.29) is 11.9 Å². The average molecular weight is 385 g/mol. The molecule has 8 heteroatoms. The Balaban J connectivity index is 1.49. The maximum Gasteiger partial charge on any atom is 0.327 e. The molecule has 0 radical (unpaired) electrons. The molecule has 8 nitrogen and oxygen atoms in total. The summed E-state index contributed by atoms with van der Waals surface area (Å²) in [4.78, 5) is 35.5. The summed E-state index contributed by atoms with van der Waals surface area (Å²) < 4.78 is 7.28. The number of aromatic nitrogens is 2. The number of likely N-dealkylation sites (N-methyl/N-ethyl adjacent to an activating group) is 1. The zero-order valence-electron chi connectivity index (χ0n) is 16.7. The average Bonchev–Trinajstić information content (AvgIpc) is 3.11. The van der Waals surface area contributed by atoms with Crippen molar-refractivity contribution in [3.8, 4) is 0 Å². The van der Waals surface area contributed by atoms with Crippen LogP contribution in [0.2, 0.25) is 0 Å². The number of fused-ring (bicyclic) bond motifs is 1. The molecule has 2 aliphatic heterocycles. The van der Waals surface area contributed by atoms with Crippen molar-refractivity contribution < 1.29 is 14.3 Å². The van der Waals surface area contributed by atoms with Gasteiger partial charge in [0.25, 0.3) is 5.91 Å². The van der Waals surface area contributed by atoms with Crippen LogP contribution in [0, 0.1) is 0 Å². The van der Waals surface area contributed by atoms with Gasteiger partial charge in [-0.25, -0.2) is 9.78 Å². The number of likely N-dealkylation sites (tertiary alicyclic amines) is 1. The van der Waals surface area contributed by atoms with Crippen LogP contribution in [-0.2, 0) is 23.1 Å². The Bertz CT molecular complexity index is 900. The van der Waals surface area contributed by atoms with E-state index in [1.165, 1.54) is 4.90 Å². The number of hydrogen-bond donors (Lipinski definition) is 0. The van der Waals surface area contributed by atoms with Crippen LogP contribution < -0.4 is 0 Å². The van der Waals surface area contributed by atoms with Crippen LogP contribution in [-0.4, -0.2) is 82.1 Å². The molecule has 0 N–H and O–H groups in total. The maximum atomic E-state index is 12.9. The summed E-state index contributed by atoms with van der Waals surface area (Å²) in [6.45, 7) is 3.10. The first-order valence-electron chi connectivity index (χ1n) is 9.69. The number of imide groups is 1. The molecule has 150 valence electrons. The smallest absolute Gasteiger partial charge is 0.327 e. The Morgan fingerprint density at radius 3 is 2.54 bits per heavy atom. The number of para-hydroxylation sites is 2. The van der Waals surface area contributed by atoms with E-state index in [9.17, 15) is 9.59 Å². The fourth-order valence-corrected chi connectivity index (χ4v) is 4.47. The van der Waals surface area contributed by atoms with Gasteiger partial charge in [-0.1, -0.05) is 12.1 Å². The van der Waals surface area contributed by atoms with E-state index in [1.54, 1.807) is 19.1 Å². The number of imidazole rings is 1. The number of methoxy groups -OCH3 is 1. The van der Waals surface area contributed by atoms with Gasteiger partial charge in [-0.15, -0.1) is 0 Å². The monoisotopic (exact) mass is 385 g/mol. The molecule has 1 spiro atoms. The molecule has 0 atom stereocenters. The van der Waals surface area contributed by atoms with Gasteiger partial charge < -0.3 is 14.2 Å². The second-order valence-corrected chi connectivity index (χ2v) is 7.67. The van der Waals surface area contributed by atoms with E-state index < -0.39 is 5.54 Å². The van der Waals surface area contributed by atoms with Crippen LogP contribution in [0.5, 0.6) is 0 Å². The number of benzene rings is 1. The van der Waals surface area contributed by atoms with Gasteiger partial charge >= 0.3 is 6.03 Å². The lowest BCUT2D eigenvalue weighted by atomic mass is 9.86. The van der Waals surface area contributed by atoms with Gasteiger partial charge in [-0.3, -0.25) is 14.6 Å². The largest absolute Gasteiger partial charge is 0.383 e. The Morgan fingerprint density at radius 1 is 1.14 bits per heavy atom. The summed E-state index contributed by atoms with van der Waals surface area (Å²) in [6, 6.07) is 7.90. The fourth-order valence-electron chi connectivity index (χ4n) is 4.47. The maximum absolute atomic E-state index is 12.9. The van der Waals surface area contributed by atoms with Crippen molar-refractivity contribution in [1.82, 2.24) is 24.3 Å². The number of nitrogens with zero attached hydrogens (tertiary/aromatic N) is 5. The molecule has 2 aliphatic rings. The van der Waals surface area contributed by atoms with Gasteiger partial charge in [-0.05, 0) is 25.0 Å². The van der Waals surface area contributed by atoms with Crippen molar-refractivity contribution in [2.24, 2.45) is 7.05 Å². The summed E-state index contributed by atoms with van der Waals surface area (Å²) in [5.41, 5.74) is 1.39. The lowest BCUT2D eigenvalue weighted by molar-refractivity contribution is -0.135. The van der Waals surface area contributed by atoms with Gasteiger partial charge in [-0.2, -0.15) is 0 Å². The third-order valence-corrected chi connectivity index (χ3v) is 6.18. The summed E-state index contributed by atoms with van der Waals surface area (Å²) in [5.74, 6) is 0.926. The molecule has 0 aliphatic carbocycles. The zero-order valence-corrected chi connectivity index (χ0v) is 16.7. The molecule has 1 aromatic heterocycles. The number of piperidine rings is 1. The van der Waals surface area contributed by atoms with Crippen LogP contribution in [0.25, 0.3) is 11.0 Å². The summed E-state index contributed by atoms with van der Waals surface area (Å²) in [5, 5.41) is 0. The molecule has 1 aromatic carbocycles. The lowest BCUT2D eigenvalue weighted by Gasteiger charge is -2.42. The number of carbonyl (C=O) groups excluding carboxylic acids is 2. The van der Waals surface area contributed by atoms with Crippen molar-refractivity contribution in [2.75, 3.05) is 40.4 Å². The molecular formula is C20H27N5O3. The van der Waals surface area contributed by atoms with Crippen LogP contribution in [0.1, 0.15) is 18.7 Å². The molecule has 28 heavy (non-hydrogen) atoms. The highest BCUT2D eigenvalue weighted by Gasteiger charge is 2.56. The van der Waals surface area contributed by atoms with E-state index in [4.69, 9.17) is 9.72 Å². The molecule has 3 heterocycles. The van der Waals surface area contributed by atoms with Gasteiger partial charge in [0.1, 0.15) is 11.4 Å². The van der Waals surface area contributed by atoms with E-state index in [0.717, 1.165) is 36.5 Å². The number of ether oxygens (including phenoxy) is 1. The standard InChI is InChI=1S/C20H27N5O3/c1-22-16-7-5-4-6-15(16)21-17(22)14-24-10-8-20(9-11-24)18(26)23(2)19(27)25(20)12-13-28-3/h4-7H,8-14H2,1-3H3. The number of urea groups is 1. The SMILES string of the molecule is COCCN1C(=O)N(C)C(=O)C12CCN(Cc1nc3ccccc3n1C)CC2. The van der Waals surface area contributed by atoms with Crippen molar-refractivity contribution in [1.29, 1.82) is 0 Å². The normalized spacial score (nSPS) is 20.1. The first kappa shape index (κ1) is 18.9. The van der Waals surface area contributed by atoms with Crippen molar-refractivity contribution >= 4 is 23.0 Å². The summed E-state index contributed by atoms with van der Waals surface area (Å²) in [7, 11) is 5.22. The number of hydrogen-bond acceptors (Lipinski definition) is 5. The Hall–Kier alpha value is -2.45. The summed E-state index contributed by atoms with van der Waals surface area (Å²) >= 11 is 0. The molecule has 2 aromatic rings. The van der Waals surface area contributed by atoms with E-state index in [1.807, 2.05) is 25.2 Å². The predicted molar refractivity (Wildman–Crippen MR) is 105 cm³/mol. The fraction of sp³-hybridized carbons (Fsp3) is 0.550. The van der Waals surface area contributed by atoms with Gasteiger partial charge in [0.2, 0.25) is 0 Å².